The van der Waals surface area contributed by atoms with Crippen molar-refractivity contribution in [3.8, 4) is 5.75 Å². The second-order valence-electron chi connectivity index (χ2n) is 5.00. The van der Waals surface area contributed by atoms with Gasteiger partial charge in [0, 0.05) is 5.02 Å². The molecule has 2 rings (SSSR count). The maximum absolute atomic E-state index is 12.0. The highest BCUT2D eigenvalue weighted by Gasteiger charge is 2.15. The van der Waals surface area contributed by atoms with Crippen molar-refractivity contribution >= 4 is 41.3 Å². The molecule has 1 unspecified atom stereocenters. The second-order valence-corrected chi connectivity index (χ2v) is 5.84. The number of nitrogens with zero attached hydrogens (tertiary/aromatic N) is 1. The van der Waals surface area contributed by atoms with E-state index in [2.05, 4.69) is 10.5 Å². The lowest BCUT2D eigenvalue weighted by atomic mass is 10.1. The molecule has 0 aliphatic heterocycles. The zero-order valence-corrected chi connectivity index (χ0v) is 14.6. The van der Waals surface area contributed by atoms with Crippen LogP contribution in [0.4, 0.5) is 0 Å². The molecule has 0 aromatic heterocycles. The maximum atomic E-state index is 12.0. The predicted octanol–water partition coefficient (Wildman–Crippen LogP) is 3.61. The number of carboxylic acid groups (broad SMARTS) is 1. The molecule has 0 saturated carbocycles. The molecule has 0 bridgehead atoms. The minimum atomic E-state index is -1.01. The number of hydrogen-bond acceptors (Lipinski definition) is 4. The monoisotopic (exact) mass is 380 g/mol. The first-order valence-electron chi connectivity index (χ1n) is 7.15. The standard InChI is InChI=1S/C17H14Cl2N2O4/c1-10(25-15-7-6-13(18)8-14(15)19)16(22)21-20-9-11-2-4-12(5-3-11)17(23)24/h2-10H,1H3,(H,21,22)(H,23,24)/b20-9+. The minimum absolute atomic E-state index is 0.169. The highest BCUT2D eigenvalue weighted by atomic mass is 35.5. The molecule has 0 radical (unpaired) electrons. The van der Waals surface area contributed by atoms with Gasteiger partial charge < -0.3 is 9.84 Å². The summed E-state index contributed by atoms with van der Waals surface area (Å²) in [5, 5.41) is 13.4. The molecule has 1 atom stereocenters. The quantitative estimate of drug-likeness (QED) is 0.591. The normalized spacial score (nSPS) is 12.0. The number of hydrogen-bond donors (Lipinski definition) is 2. The number of carboxylic acids is 1. The summed E-state index contributed by atoms with van der Waals surface area (Å²) in [5.74, 6) is -1.14. The third-order valence-corrected chi connectivity index (χ3v) is 3.64. The van der Waals surface area contributed by atoms with E-state index in [1.807, 2.05) is 0 Å². The van der Waals surface area contributed by atoms with Crippen molar-refractivity contribution in [2.24, 2.45) is 5.10 Å². The van der Waals surface area contributed by atoms with Gasteiger partial charge >= 0.3 is 5.97 Å². The number of nitrogens with one attached hydrogen (secondary N) is 1. The molecule has 8 heteroatoms. The van der Waals surface area contributed by atoms with Crippen LogP contribution in [0.5, 0.6) is 5.75 Å². The number of benzene rings is 2. The average molecular weight is 381 g/mol. The molecular weight excluding hydrogens is 367 g/mol. The van der Waals surface area contributed by atoms with Crippen molar-refractivity contribution in [2.45, 2.75) is 13.0 Å². The number of amides is 1. The summed E-state index contributed by atoms with van der Waals surface area (Å²) in [5.41, 5.74) is 3.15. The average Bonchev–Trinajstić information content (AvgIpc) is 2.57. The van der Waals surface area contributed by atoms with Crippen molar-refractivity contribution in [3.05, 3.63) is 63.6 Å². The van der Waals surface area contributed by atoms with Gasteiger partial charge in [0.2, 0.25) is 0 Å². The summed E-state index contributed by atoms with van der Waals surface area (Å²) in [6.45, 7) is 1.55. The molecule has 0 spiro atoms. The van der Waals surface area contributed by atoms with Crippen LogP contribution in [0.15, 0.2) is 47.6 Å². The fourth-order valence-corrected chi connectivity index (χ4v) is 2.24. The van der Waals surface area contributed by atoms with Crippen LogP contribution in [-0.2, 0) is 4.79 Å². The van der Waals surface area contributed by atoms with Crippen molar-refractivity contribution < 1.29 is 19.4 Å². The fourth-order valence-electron chi connectivity index (χ4n) is 1.79. The van der Waals surface area contributed by atoms with E-state index < -0.39 is 18.0 Å². The Bertz CT molecular complexity index is 807. The number of hydrazone groups is 1. The topological polar surface area (TPSA) is 88.0 Å². The summed E-state index contributed by atoms with van der Waals surface area (Å²) >= 11 is 11.8. The third-order valence-electron chi connectivity index (χ3n) is 3.11. The summed E-state index contributed by atoms with van der Waals surface area (Å²) in [6.07, 6.45) is 0.566. The summed E-state index contributed by atoms with van der Waals surface area (Å²) in [6, 6.07) is 10.7. The fraction of sp³-hybridized carbons (Fsp3) is 0.118. The Kier molecular flexibility index (Phi) is 6.38. The lowest BCUT2D eigenvalue weighted by Gasteiger charge is -2.14. The first-order chi connectivity index (χ1) is 11.9. The molecule has 130 valence electrons. The molecule has 25 heavy (non-hydrogen) atoms. The molecule has 0 fully saturated rings. The number of rotatable bonds is 6. The highest BCUT2D eigenvalue weighted by Crippen LogP contribution is 2.28. The zero-order chi connectivity index (χ0) is 18.4. The smallest absolute Gasteiger partial charge is 0.335 e. The molecule has 1 amide bonds. The first-order valence-corrected chi connectivity index (χ1v) is 7.90. The summed E-state index contributed by atoms with van der Waals surface area (Å²) < 4.78 is 5.46. The van der Waals surface area contributed by atoms with Gasteiger partial charge in [-0.3, -0.25) is 4.79 Å². The Labute approximate surface area is 154 Å². The largest absolute Gasteiger partial charge is 0.479 e. The van der Waals surface area contributed by atoms with Gasteiger partial charge in [0.05, 0.1) is 16.8 Å². The predicted molar refractivity (Wildman–Crippen MR) is 95.7 cm³/mol. The van der Waals surface area contributed by atoms with Gasteiger partial charge in [-0.2, -0.15) is 5.10 Å². The lowest BCUT2D eigenvalue weighted by Crippen LogP contribution is -2.33. The molecule has 0 aliphatic carbocycles. The van der Waals surface area contributed by atoms with Crippen molar-refractivity contribution in [1.82, 2.24) is 5.43 Å². The molecule has 2 aromatic rings. The van der Waals surface area contributed by atoms with E-state index in [0.29, 0.717) is 21.4 Å². The van der Waals surface area contributed by atoms with Gasteiger partial charge in [0.1, 0.15) is 5.75 Å². The maximum Gasteiger partial charge on any atom is 0.335 e. The number of halogens is 2. The molecular formula is C17H14Cl2N2O4. The van der Waals surface area contributed by atoms with Gasteiger partial charge in [-0.1, -0.05) is 35.3 Å². The molecule has 2 aromatic carbocycles. The molecule has 0 saturated heterocycles. The third kappa shape index (κ3) is 5.48. The molecule has 0 heterocycles. The molecule has 0 aliphatic rings. The van der Waals surface area contributed by atoms with E-state index in [0.717, 1.165) is 0 Å². The minimum Gasteiger partial charge on any atom is -0.479 e. The number of aromatic carboxylic acids is 1. The van der Waals surface area contributed by atoms with Crippen LogP contribution in [0, 0.1) is 0 Å². The van der Waals surface area contributed by atoms with Gasteiger partial charge in [-0.15, -0.1) is 0 Å². The van der Waals surface area contributed by atoms with Gasteiger partial charge in [0.15, 0.2) is 6.10 Å². The van der Waals surface area contributed by atoms with Crippen LogP contribution < -0.4 is 10.2 Å². The zero-order valence-electron chi connectivity index (χ0n) is 13.1. The molecule has 6 nitrogen and oxygen atoms in total. The van der Waals surface area contributed by atoms with Gasteiger partial charge in [-0.25, -0.2) is 10.2 Å². The Balaban J connectivity index is 1.91. The van der Waals surface area contributed by atoms with E-state index in [-0.39, 0.29) is 5.56 Å². The van der Waals surface area contributed by atoms with Crippen LogP contribution in [-0.4, -0.2) is 29.3 Å². The van der Waals surface area contributed by atoms with E-state index >= 15 is 0 Å². The first kappa shape index (κ1) is 18.8. The Hall–Kier alpha value is -2.57. The SMILES string of the molecule is CC(Oc1ccc(Cl)cc1Cl)C(=O)N/N=C/c1ccc(C(=O)O)cc1. The Morgan fingerprint density at radius 3 is 2.48 bits per heavy atom. The highest BCUT2D eigenvalue weighted by molar-refractivity contribution is 6.35. The van der Waals surface area contributed by atoms with Gasteiger partial charge in [0.25, 0.3) is 5.91 Å². The van der Waals surface area contributed by atoms with Gasteiger partial charge in [-0.05, 0) is 42.8 Å². The van der Waals surface area contributed by atoms with Crippen molar-refractivity contribution in [1.29, 1.82) is 0 Å². The second kappa shape index (κ2) is 8.50. The Morgan fingerprint density at radius 1 is 1.20 bits per heavy atom. The van der Waals surface area contributed by atoms with E-state index in [9.17, 15) is 9.59 Å². The molecule has 2 N–H and O–H groups in total. The van der Waals surface area contributed by atoms with Crippen LogP contribution in [0.25, 0.3) is 0 Å². The van der Waals surface area contributed by atoms with Crippen LogP contribution in [0.3, 0.4) is 0 Å². The van der Waals surface area contributed by atoms with E-state index in [1.165, 1.54) is 24.4 Å². The number of carbonyl (C=O) groups excluding carboxylic acids is 1. The van der Waals surface area contributed by atoms with E-state index in [1.54, 1.807) is 31.2 Å². The number of ether oxygens (including phenoxy) is 1. The van der Waals surface area contributed by atoms with E-state index in [4.69, 9.17) is 33.0 Å². The van der Waals surface area contributed by atoms with Crippen LogP contribution in [0.1, 0.15) is 22.8 Å². The van der Waals surface area contributed by atoms with Crippen LogP contribution >= 0.6 is 23.2 Å². The summed E-state index contributed by atoms with van der Waals surface area (Å²) in [7, 11) is 0. The van der Waals surface area contributed by atoms with Crippen molar-refractivity contribution in [2.75, 3.05) is 0 Å². The summed E-state index contributed by atoms with van der Waals surface area (Å²) in [4.78, 5) is 22.7. The van der Waals surface area contributed by atoms with Crippen molar-refractivity contribution in [3.63, 3.8) is 0 Å². The number of carbonyl (C=O) groups is 2. The lowest BCUT2D eigenvalue weighted by molar-refractivity contribution is -0.127. The Morgan fingerprint density at radius 2 is 1.88 bits per heavy atom. The van der Waals surface area contributed by atoms with Crippen LogP contribution in [0.2, 0.25) is 10.0 Å².